The molecule has 3 N–H and O–H groups in total. The van der Waals surface area contributed by atoms with Crippen LogP contribution in [0.5, 0.6) is 0 Å². The number of hydrazine groups is 1. The SMILES string of the molecule is CCc1ccc(C(NN)C(CC)(CC)OC)cc1. The minimum Gasteiger partial charge on any atom is -0.376 e. The van der Waals surface area contributed by atoms with Gasteiger partial charge in [0.05, 0.1) is 11.6 Å². The maximum absolute atomic E-state index is 5.76. The fraction of sp³-hybridized carbons (Fsp3) is 0.600. The molecule has 18 heavy (non-hydrogen) atoms. The summed E-state index contributed by atoms with van der Waals surface area (Å²) in [6, 6.07) is 8.62. The van der Waals surface area contributed by atoms with Crippen LogP contribution < -0.4 is 11.3 Å². The van der Waals surface area contributed by atoms with E-state index in [-0.39, 0.29) is 11.6 Å². The lowest BCUT2D eigenvalue weighted by Crippen LogP contribution is -2.47. The maximum atomic E-state index is 5.76. The molecule has 0 fully saturated rings. The van der Waals surface area contributed by atoms with Crippen molar-refractivity contribution in [3.63, 3.8) is 0 Å². The number of aryl methyl sites for hydroxylation is 1. The Balaban J connectivity index is 3.06. The molecule has 0 saturated carbocycles. The van der Waals surface area contributed by atoms with Gasteiger partial charge in [0, 0.05) is 7.11 Å². The van der Waals surface area contributed by atoms with Crippen LogP contribution in [0.1, 0.15) is 50.8 Å². The highest BCUT2D eigenvalue weighted by Crippen LogP contribution is 2.34. The Bertz CT molecular complexity index is 336. The Hall–Kier alpha value is -0.900. The highest BCUT2D eigenvalue weighted by atomic mass is 16.5. The molecule has 0 amide bonds. The lowest BCUT2D eigenvalue weighted by atomic mass is 9.84. The van der Waals surface area contributed by atoms with Crippen LogP contribution in [-0.4, -0.2) is 12.7 Å². The van der Waals surface area contributed by atoms with Gasteiger partial charge in [-0.15, -0.1) is 0 Å². The standard InChI is InChI=1S/C15H26N2O/c1-5-12-8-10-13(11-9-12)14(17-16)15(6-2,7-3)18-4/h8-11,14,17H,5-7,16H2,1-4H3. The second kappa shape index (κ2) is 6.88. The average Bonchev–Trinajstić information content (AvgIpc) is 2.45. The normalized spacial score (nSPS) is 13.6. The van der Waals surface area contributed by atoms with Gasteiger partial charge in [0.25, 0.3) is 0 Å². The van der Waals surface area contributed by atoms with E-state index in [0.29, 0.717) is 0 Å². The third-order valence-electron chi connectivity index (χ3n) is 4.02. The van der Waals surface area contributed by atoms with Gasteiger partial charge in [-0.25, -0.2) is 0 Å². The van der Waals surface area contributed by atoms with Crippen LogP contribution in [-0.2, 0) is 11.2 Å². The van der Waals surface area contributed by atoms with E-state index in [1.54, 1.807) is 7.11 Å². The van der Waals surface area contributed by atoms with Gasteiger partial charge in [0.1, 0.15) is 0 Å². The van der Waals surface area contributed by atoms with E-state index in [2.05, 4.69) is 50.5 Å². The summed E-state index contributed by atoms with van der Waals surface area (Å²) in [5, 5.41) is 0. The topological polar surface area (TPSA) is 47.3 Å². The molecule has 1 unspecified atom stereocenters. The predicted octanol–water partition coefficient (Wildman–Crippen LogP) is 2.96. The van der Waals surface area contributed by atoms with E-state index in [9.17, 15) is 0 Å². The molecule has 3 nitrogen and oxygen atoms in total. The first kappa shape index (κ1) is 15.2. The zero-order valence-electron chi connectivity index (χ0n) is 12.0. The van der Waals surface area contributed by atoms with Crippen LogP contribution in [0.2, 0.25) is 0 Å². The van der Waals surface area contributed by atoms with Crippen LogP contribution in [0, 0.1) is 0 Å². The van der Waals surface area contributed by atoms with Gasteiger partial charge in [-0.05, 0) is 30.4 Å². The minimum atomic E-state index is -0.248. The van der Waals surface area contributed by atoms with Crippen molar-refractivity contribution in [1.82, 2.24) is 5.43 Å². The second-order valence-corrected chi connectivity index (χ2v) is 4.67. The molecular weight excluding hydrogens is 224 g/mol. The fourth-order valence-corrected chi connectivity index (χ4v) is 2.56. The second-order valence-electron chi connectivity index (χ2n) is 4.67. The molecule has 1 aromatic rings. The summed E-state index contributed by atoms with van der Waals surface area (Å²) in [4.78, 5) is 0. The van der Waals surface area contributed by atoms with Gasteiger partial charge < -0.3 is 4.74 Å². The molecule has 3 heteroatoms. The molecule has 1 aromatic carbocycles. The Kier molecular flexibility index (Phi) is 5.79. The highest BCUT2D eigenvalue weighted by molar-refractivity contribution is 5.27. The molecule has 0 spiro atoms. The number of rotatable bonds is 7. The van der Waals surface area contributed by atoms with Gasteiger partial charge in [-0.1, -0.05) is 45.0 Å². The summed E-state index contributed by atoms with van der Waals surface area (Å²) in [6.07, 6.45) is 2.90. The Morgan fingerprint density at radius 1 is 1.17 bits per heavy atom. The molecule has 0 aliphatic heterocycles. The van der Waals surface area contributed by atoms with Crippen molar-refractivity contribution in [3.05, 3.63) is 35.4 Å². The first-order chi connectivity index (χ1) is 8.67. The van der Waals surface area contributed by atoms with E-state index in [1.165, 1.54) is 11.1 Å². The zero-order chi connectivity index (χ0) is 13.6. The summed E-state index contributed by atoms with van der Waals surface area (Å²) in [6.45, 7) is 6.43. The maximum Gasteiger partial charge on any atom is 0.0880 e. The largest absolute Gasteiger partial charge is 0.376 e. The summed E-state index contributed by atoms with van der Waals surface area (Å²) in [5.41, 5.74) is 5.20. The molecule has 0 radical (unpaired) electrons. The first-order valence-corrected chi connectivity index (χ1v) is 6.77. The van der Waals surface area contributed by atoms with Crippen molar-refractivity contribution >= 4 is 0 Å². The van der Waals surface area contributed by atoms with Gasteiger partial charge in [0.15, 0.2) is 0 Å². The summed E-state index contributed by atoms with van der Waals surface area (Å²) < 4.78 is 5.76. The van der Waals surface area contributed by atoms with Crippen LogP contribution in [0.3, 0.4) is 0 Å². The molecule has 0 aliphatic rings. The average molecular weight is 250 g/mol. The predicted molar refractivity (Wildman–Crippen MR) is 76.2 cm³/mol. The van der Waals surface area contributed by atoms with Gasteiger partial charge in [-0.2, -0.15) is 0 Å². The molecule has 1 atom stereocenters. The van der Waals surface area contributed by atoms with Crippen molar-refractivity contribution in [2.75, 3.05) is 7.11 Å². The number of hydrogen-bond acceptors (Lipinski definition) is 3. The van der Waals surface area contributed by atoms with Crippen molar-refractivity contribution in [2.24, 2.45) is 5.84 Å². The molecule has 0 saturated heterocycles. The summed E-state index contributed by atoms with van der Waals surface area (Å²) in [7, 11) is 1.76. The van der Waals surface area contributed by atoms with E-state index in [0.717, 1.165) is 19.3 Å². The van der Waals surface area contributed by atoms with Gasteiger partial charge in [-0.3, -0.25) is 11.3 Å². The van der Waals surface area contributed by atoms with Crippen LogP contribution in [0.4, 0.5) is 0 Å². The van der Waals surface area contributed by atoms with Crippen molar-refractivity contribution in [1.29, 1.82) is 0 Å². The number of nitrogens with two attached hydrogens (primary N) is 1. The summed E-state index contributed by atoms with van der Waals surface area (Å²) >= 11 is 0. The Morgan fingerprint density at radius 3 is 2.06 bits per heavy atom. The molecule has 0 heterocycles. The Labute approximate surface area is 111 Å². The first-order valence-electron chi connectivity index (χ1n) is 6.77. The molecule has 0 aromatic heterocycles. The lowest BCUT2D eigenvalue weighted by Gasteiger charge is -2.38. The number of nitrogens with one attached hydrogen (secondary N) is 1. The number of benzene rings is 1. The lowest BCUT2D eigenvalue weighted by molar-refractivity contribution is -0.0486. The van der Waals surface area contributed by atoms with Crippen molar-refractivity contribution in [2.45, 2.75) is 51.7 Å². The van der Waals surface area contributed by atoms with E-state index >= 15 is 0 Å². The summed E-state index contributed by atoms with van der Waals surface area (Å²) in [5.74, 6) is 5.76. The molecule has 0 bridgehead atoms. The monoisotopic (exact) mass is 250 g/mol. The highest BCUT2D eigenvalue weighted by Gasteiger charge is 2.36. The van der Waals surface area contributed by atoms with Crippen LogP contribution in [0.15, 0.2) is 24.3 Å². The van der Waals surface area contributed by atoms with E-state index in [4.69, 9.17) is 10.6 Å². The third-order valence-corrected chi connectivity index (χ3v) is 4.02. The molecule has 1 rings (SSSR count). The van der Waals surface area contributed by atoms with Crippen molar-refractivity contribution < 1.29 is 4.74 Å². The Morgan fingerprint density at radius 2 is 1.72 bits per heavy atom. The van der Waals surface area contributed by atoms with Crippen LogP contribution in [0.25, 0.3) is 0 Å². The molecule has 0 aliphatic carbocycles. The van der Waals surface area contributed by atoms with Gasteiger partial charge in [0.2, 0.25) is 0 Å². The van der Waals surface area contributed by atoms with Crippen LogP contribution >= 0.6 is 0 Å². The van der Waals surface area contributed by atoms with E-state index < -0.39 is 0 Å². The molecule has 102 valence electrons. The fourth-order valence-electron chi connectivity index (χ4n) is 2.56. The number of ether oxygens (including phenoxy) is 1. The van der Waals surface area contributed by atoms with E-state index in [1.807, 2.05) is 0 Å². The van der Waals surface area contributed by atoms with Crippen molar-refractivity contribution in [3.8, 4) is 0 Å². The zero-order valence-corrected chi connectivity index (χ0v) is 12.0. The molecular formula is C15H26N2O. The number of hydrogen-bond donors (Lipinski definition) is 2. The van der Waals surface area contributed by atoms with Gasteiger partial charge >= 0.3 is 0 Å². The minimum absolute atomic E-state index is 0.0170. The number of methoxy groups -OCH3 is 1. The smallest absolute Gasteiger partial charge is 0.0880 e. The third kappa shape index (κ3) is 2.91. The quantitative estimate of drug-likeness (QED) is 0.578.